The molecule has 3 aromatic carbocycles. The third-order valence-corrected chi connectivity index (χ3v) is 5.00. The highest BCUT2D eigenvalue weighted by molar-refractivity contribution is 6.33. The number of benzene rings is 3. The van der Waals surface area contributed by atoms with E-state index in [0.29, 0.717) is 30.2 Å². The van der Waals surface area contributed by atoms with E-state index in [9.17, 15) is 9.59 Å². The van der Waals surface area contributed by atoms with Gasteiger partial charge in [-0.2, -0.15) is 0 Å². The Morgan fingerprint density at radius 1 is 0.871 bits per heavy atom. The first kappa shape index (κ1) is 22.4. The lowest BCUT2D eigenvalue weighted by atomic mass is 10.0. The lowest BCUT2D eigenvalue weighted by Crippen LogP contribution is -2.34. The summed E-state index contributed by atoms with van der Waals surface area (Å²) in [5.41, 5.74) is 1.23. The summed E-state index contributed by atoms with van der Waals surface area (Å²) in [6.45, 7) is 1.00. The number of carbonyl (C=O) groups excluding carboxylic acids is 2. The Kier molecular flexibility index (Phi) is 8.49. The summed E-state index contributed by atoms with van der Waals surface area (Å²) in [7, 11) is 0. The van der Waals surface area contributed by atoms with Crippen LogP contribution >= 0.6 is 11.6 Å². The fourth-order valence-corrected chi connectivity index (χ4v) is 3.30. The number of hydrogen-bond donors (Lipinski definition) is 2. The monoisotopic (exact) mass is 436 g/mol. The van der Waals surface area contributed by atoms with E-state index in [1.165, 1.54) is 0 Å². The second kappa shape index (κ2) is 11.8. The molecule has 0 aliphatic rings. The molecule has 0 bridgehead atoms. The van der Waals surface area contributed by atoms with Crippen LogP contribution in [0.25, 0.3) is 0 Å². The van der Waals surface area contributed by atoms with Gasteiger partial charge in [0, 0.05) is 6.54 Å². The normalized spacial score (nSPS) is 11.4. The SMILES string of the molecule is O=C(CC(NC(=O)c1ccccc1Cl)c1ccccc1)NCCCOc1ccccc1. The first-order valence-corrected chi connectivity index (χ1v) is 10.6. The minimum Gasteiger partial charge on any atom is -0.494 e. The van der Waals surface area contributed by atoms with Crippen molar-refractivity contribution >= 4 is 23.4 Å². The van der Waals surface area contributed by atoms with Crippen LogP contribution in [0.1, 0.15) is 34.8 Å². The molecule has 0 saturated heterocycles. The number of hydrogen-bond acceptors (Lipinski definition) is 3. The van der Waals surface area contributed by atoms with Gasteiger partial charge in [-0.1, -0.05) is 72.3 Å². The Morgan fingerprint density at radius 2 is 1.52 bits per heavy atom. The van der Waals surface area contributed by atoms with Crippen LogP contribution in [0.5, 0.6) is 5.75 Å². The molecular weight excluding hydrogens is 412 g/mol. The lowest BCUT2D eigenvalue weighted by molar-refractivity contribution is -0.121. The minimum absolute atomic E-state index is 0.125. The van der Waals surface area contributed by atoms with Gasteiger partial charge >= 0.3 is 0 Å². The fraction of sp³-hybridized carbons (Fsp3) is 0.200. The van der Waals surface area contributed by atoms with Crippen molar-refractivity contribution in [3.05, 3.63) is 101 Å². The summed E-state index contributed by atoms with van der Waals surface area (Å²) in [5, 5.41) is 6.20. The Morgan fingerprint density at radius 3 is 2.23 bits per heavy atom. The van der Waals surface area contributed by atoms with Gasteiger partial charge in [-0.15, -0.1) is 0 Å². The Balaban J connectivity index is 1.53. The summed E-state index contributed by atoms with van der Waals surface area (Å²) in [4.78, 5) is 25.2. The molecule has 0 heterocycles. The molecule has 0 saturated carbocycles. The minimum atomic E-state index is -0.467. The molecule has 1 atom stereocenters. The van der Waals surface area contributed by atoms with E-state index in [1.807, 2.05) is 60.7 Å². The van der Waals surface area contributed by atoms with E-state index in [2.05, 4.69) is 10.6 Å². The van der Waals surface area contributed by atoms with E-state index in [0.717, 1.165) is 11.3 Å². The molecule has 31 heavy (non-hydrogen) atoms. The molecule has 3 rings (SSSR count). The van der Waals surface area contributed by atoms with Gasteiger partial charge in [0.1, 0.15) is 5.75 Å². The summed E-state index contributed by atoms with van der Waals surface area (Å²) in [5.74, 6) is 0.344. The molecule has 1 unspecified atom stereocenters. The number of rotatable bonds is 10. The van der Waals surface area contributed by atoms with Crippen LogP contribution in [0.15, 0.2) is 84.9 Å². The molecule has 0 radical (unpaired) electrons. The van der Waals surface area contributed by atoms with Crippen LogP contribution in [-0.2, 0) is 4.79 Å². The smallest absolute Gasteiger partial charge is 0.253 e. The Hall–Kier alpha value is -3.31. The van der Waals surface area contributed by atoms with E-state index in [1.54, 1.807) is 24.3 Å². The van der Waals surface area contributed by atoms with Crippen LogP contribution in [0.2, 0.25) is 5.02 Å². The number of halogens is 1. The highest BCUT2D eigenvalue weighted by Gasteiger charge is 2.20. The fourth-order valence-electron chi connectivity index (χ4n) is 3.08. The molecule has 2 amide bonds. The van der Waals surface area contributed by atoms with Crippen molar-refractivity contribution < 1.29 is 14.3 Å². The molecule has 0 spiro atoms. The van der Waals surface area contributed by atoms with Crippen molar-refractivity contribution in [1.29, 1.82) is 0 Å². The zero-order valence-corrected chi connectivity index (χ0v) is 17.8. The third kappa shape index (κ3) is 7.15. The van der Waals surface area contributed by atoms with Crippen molar-refractivity contribution in [2.75, 3.05) is 13.2 Å². The highest BCUT2D eigenvalue weighted by Crippen LogP contribution is 2.20. The maximum atomic E-state index is 12.7. The van der Waals surface area contributed by atoms with Crippen molar-refractivity contribution in [2.24, 2.45) is 0 Å². The van der Waals surface area contributed by atoms with Crippen LogP contribution in [0, 0.1) is 0 Å². The van der Waals surface area contributed by atoms with Crippen LogP contribution in [-0.4, -0.2) is 25.0 Å². The molecule has 6 heteroatoms. The molecule has 160 valence electrons. The number of carbonyl (C=O) groups is 2. The van der Waals surface area contributed by atoms with Gasteiger partial charge in [0.15, 0.2) is 0 Å². The molecule has 0 aromatic heterocycles. The number of ether oxygens (including phenoxy) is 1. The predicted octanol–water partition coefficient (Wildman–Crippen LogP) is 4.79. The van der Waals surface area contributed by atoms with Crippen molar-refractivity contribution in [1.82, 2.24) is 10.6 Å². The molecule has 2 N–H and O–H groups in total. The Labute approximate surface area is 187 Å². The van der Waals surface area contributed by atoms with Crippen LogP contribution in [0.4, 0.5) is 0 Å². The van der Waals surface area contributed by atoms with Gasteiger partial charge in [0.25, 0.3) is 5.91 Å². The predicted molar refractivity (Wildman–Crippen MR) is 122 cm³/mol. The van der Waals surface area contributed by atoms with Crippen LogP contribution < -0.4 is 15.4 Å². The van der Waals surface area contributed by atoms with Gasteiger partial charge < -0.3 is 15.4 Å². The molecular formula is C25H25ClN2O3. The van der Waals surface area contributed by atoms with Crippen molar-refractivity contribution in [3.63, 3.8) is 0 Å². The number of nitrogens with one attached hydrogen (secondary N) is 2. The van der Waals surface area contributed by atoms with E-state index < -0.39 is 6.04 Å². The summed E-state index contributed by atoms with van der Waals surface area (Å²) in [6.07, 6.45) is 0.808. The molecule has 0 aliphatic heterocycles. The van der Waals surface area contributed by atoms with Gasteiger partial charge in [-0.3, -0.25) is 9.59 Å². The number of para-hydroxylation sites is 1. The zero-order chi connectivity index (χ0) is 21.9. The first-order valence-electron chi connectivity index (χ1n) is 10.2. The summed E-state index contributed by atoms with van der Waals surface area (Å²) < 4.78 is 5.63. The second-order valence-electron chi connectivity index (χ2n) is 6.99. The van der Waals surface area contributed by atoms with E-state index in [4.69, 9.17) is 16.3 Å². The molecule has 0 fully saturated rings. The largest absolute Gasteiger partial charge is 0.494 e. The quantitative estimate of drug-likeness (QED) is 0.449. The van der Waals surface area contributed by atoms with Gasteiger partial charge in [0.2, 0.25) is 5.91 Å². The van der Waals surface area contributed by atoms with Crippen molar-refractivity contribution in [2.45, 2.75) is 18.9 Å². The average Bonchev–Trinajstić information content (AvgIpc) is 2.80. The standard InChI is InChI=1S/C25H25ClN2O3/c26-22-15-8-7-14-21(22)25(30)28-23(19-10-3-1-4-11-19)18-24(29)27-16-9-17-31-20-12-5-2-6-13-20/h1-8,10-15,23H,9,16-18H2,(H,27,29)(H,28,30). The van der Waals surface area contributed by atoms with E-state index in [-0.39, 0.29) is 18.2 Å². The second-order valence-corrected chi connectivity index (χ2v) is 7.39. The lowest BCUT2D eigenvalue weighted by Gasteiger charge is -2.19. The highest BCUT2D eigenvalue weighted by atomic mass is 35.5. The molecule has 5 nitrogen and oxygen atoms in total. The average molecular weight is 437 g/mol. The Bertz CT molecular complexity index is 980. The number of amides is 2. The zero-order valence-electron chi connectivity index (χ0n) is 17.1. The molecule has 3 aromatic rings. The van der Waals surface area contributed by atoms with Crippen molar-refractivity contribution in [3.8, 4) is 5.75 Å². The van der Waals surface area contributed by atoms with E-state index >= 15 is 0 Å². The topological polar surface area (TPSA) is 67.4 Å². The molecule has 0 aliphatic carbocycles. The maximum Gasteiger partial charge on any atom is 0.253 e. The van der Waals surface area contributed by atoms with Crippen LogP contribution in [0.3, 0.4) is 0 Å². The summed E-state index contributed by atoms with van der Waals surface area (Å²) in [6, 6.07) is 25.3. The van der Waals surface area contributed by atoms with Gasteiger partial charge in [-0.25, -0.2) is 0 Å². The van der Waals surface area contributed by atoms with Gasteiger partial charge in [0.05, 0.1) is 29.7 Å². The first-order chi connectivity index (χ1) is 15.1. The maximum absolute atomic E-state index is 12.7. The summed E-state index contributed by atoms with van der Waals surface area (Å²) >= 11 is 6.14. The third-order valence-electron chi connectivity index (χ3n) is 4.67. The van der Waals surface area contributed by atoms with Gasteiger partial charge in [-0.05, 0) is 36.2 Å².